The van der Waals surface area contributed by atoms with E-state index in [1.807, 2.05) is 12.3 Å². The lowest BCUT2D eigenvalue weighted by atomic mass is 10.2. The quantitative estimate of drug-likeness (QED) is 0.570. The first-order valence-electron chi connectivity index (χ1n) is 5.78. The van der Waals surface area contributed by atoms with Crippen molar-refractivity contribution in [3.63, 3.8) is 0 Å². The predicted molar refractivity (Wildman–Crippen MR) is 70.8 cm³/mol. The molecular formula is C11H15N3O5S. The average molecular weight is 301 g/mol. The van der Waals surface area contributed by atoms with Gasteiger partial charge in [-0.2, -0.15) is 0 Å². The first kappa shape index (κ1) is 15.9. The standard InChI is InChI=1S/C11H15N3O5S/c1-6-5-20-8(13-6)2-3-12-11(19)14-7(10(17)18)4-9(15)16/h5,7H,2-4H2,1H3,(H,15,16)(H,17,18)(H2,12,14,19). The van der Waals surface area contributed by atoms with Gasteiger partial charge in [0.05, 0.1) is 11.4 Å². The molecule has 2 amide bonds. The van der Waals surface area contributed by atoms with E-state index in [4.69, 9.17) is 10.2 Å². The molecule has 20 heavy (non-hydrogen) atoms. The van der Waals surface area contributed by atoms with Crippen molar-refractivity contribution in [3.05, 3.63) is 16.1 Å². The fourth-order valence-electron chi connectivity index (χ4n) is 1.38. The van der Waals surface area contributed by atoms with Crippen LogP contribution in [0.2, 0.25) is 0 Å². The zero-order chi connectivity index (χ0) is 15.1. The number of hydrogen-bond acceptors (Lipinski definition) is 5. The van der Waals surface area contributed by atoms with Crippen LogP contribution >= 0.6 is 11.3 Å². The number of urea groups is 1. The molecule has 1 rings (SSSR count). The number of rotatable bonds is 7. The van der Waals surface area contributed by atoms with Crippen LogP contribution < -0.4 is 10.6 Å². The number of aryl methyl sites for hydroxylation is 1. The topological polar surface area (TPSA) is 129 Å². The van der Waals surface area contributed by atoms with Gasteiger partial charge in [-0.3, -0.25) is 4.79 Å². The lowest BCUT2D eigenvalue weighted by Gasteiger charge is -2.12. The highest BCUT2D eigenvalue weighted by Crippen LogP contribution is 2.08. The van der Waals surface area contributed by atoms with E-state index in [9.17, 15) is 14.4 Å². The number of carboxylic acid groups (broad SMARTS) is 2. The monoisotopic (exact) mass is 301 g/mol. The van der Waals surface area contributed by atoms with E-state index in [0.717, 1.165) is 10.7 Å². The van der Waals surface area contributed by atoms with Crippen LogP contribution in [0.4, 0.5) is 4.79 Å². The van der Waals surface area contributed by atoms with Crippen LogP contribution in [-0.2, 0) is 16.0 Å². The number of nitrogens with zero attached hydrogens (tertiary/aromatic N) is 1. The summed E-state index contributed by atoms with van der Waals surface area (Å²) in [5, 5.41) is 24.6. The molecule has 1 aromatic rings. The van der Waals surface area contributed by atoms with Crippen LogP contribution in [0, 0.1) is 6.92 Å². The molecule has 0 bridgehead atoms. The minimum Gasteiger partial charge on any atom is -0.481 e. The number of carbonyl (C=O) groups is 3. The fourth-order valence-corrected chi connectivity index (χ4v) is 2.16. The molecule has 0 saturated heterocycles. The molecule has 0 saturated carbocycles. The highest BCUT2D eigenvalue weighted by atomic mass is 32.1. The number of aliphatic carboxylic acids is 2. The molecular weight excluding hydrogens is 286 g/mol. The Morgan fingerprint density at radius 2 is 2.10 bits per heavy atom. The third kappa shape index (κ3) is 5.65. The van der Waals surface area contributed by atoms with Crippen molar-refractivity contribution >= 4 is 29.3 Å². The Morgan fingerprint density at radius 3 is 2.60 bits per heavy atom. The molecule has 0 aliphatic carbocycles. The van der Waals surface area contributed by atoms with Gasteiger partial charge in [-0.1, -0.05) is 0 Å². The van der Waals surface area contributed by atoms with Crippen molar-refractivity contribution in [2.45, 2.75) is 25.8 Å². The molecule has 0 spiro atoms. The summed E-state index contributed by atoms with van der Waals surface area (Å²) in [7, 11) is 0. The maximum Gasteiger partial charge on any atom is 0.326 e. The van der Waals surface area contributed by atoms with Crippen molar-refractivity contribution in [1.29, 1.82) is 0 Å². The molecule has 1 aromatic heterocycles. The van der Waals surface area contributed by atoms with Gasteiger partial charge < -0.3 is 20.8 Å². The molecule has 0 aromatic carbocycles. The van der Waals surface area contributed by atoms with Crippen LogP contribution in [0.3, 0.4) is 0 Å². The number of aromatic nitrogens is 1. The Labute approximate surface area is 118 Å². The molecule has 1 unspecified atom stereocenters. The molecule has 1 atom stereocenters. The van der Waals surface area contributed by atoms with Gasteiger partial charge in [0.2, 0.25) is 0 Å². The summed E-state index contributed by atoms with van der Waals surface area (Å²) in [6.07, 6.45) is -0.142. The second kappa shape index (κ2) is 7.43. The number of amides is 2. The third-order valence-corrected chi connectivity index (χ3v) is 3.30. The average Bonchev–Trinajstić information content (AvgIpc) is 2.73. The smallest absolute Gasteiger partial charge is 0.326 e. The summed E-state index contributed by atoms with van der Waals surface area (Å²) in [4.78, 5) is 36.9. The Kier molecular flexibility index (Phi) is 5.91. The summed E-state index contributed by atoms with van der Waals surface area (Å²) < 4.78 is 0. The summed E-state index contributed by atoms with van der Waals surface area (Å²) in [5.74, 6) is -2.69. The Balaban J connectivity index is 2.34. The lowest BCUT2D eigenvalue weighted by molar-refractivity contribution is -0.145. The molecule has 8 nitrogen and oxygen atoms in total. The summed E-state index contributed by atoms with van der Waals surface area (Å²) in [5.41, 5.74) is 0.904. The SMILES string of the molecule is Cc1csc(CCNC(=O)NC(CC(=O)O)C(=O)O)n1. The third-order valence-electron chi connectivity index (χ3n) is 2.27. The largest absolute Gasteiger partial charge is 0.481 e. The van der Waals surface area contributed by atoms with E-state index in [1.165, 1.54) is 11.3 Å². The van der Waals surface area contributed by atoms with E-state index in [2.05, 4.69) is 15.6 Å². The minimum atomic E-state index is -1.45. The van der Waals surface area contributed by atoms with Gasteiger partial charge >= 0.3 is 18.0 Å². The first-order chi connectivity index (χ1) is 9.38. The summed E-state index contributed by atoms with van der Waals surface area (Å²) in [6, 6.07) is -2.17. The van der Waals surface area contributed by atoms with Crippen molar-refractivity contribution < 1.29 is 24.6 Å². The second-order valence-electron chi connectivity index (χ2n) is 4.02. The molecule has 4 N–H and O–H groups in total. The molecule has 0 aliphatic heterocycles. The van der Waals surface area contributed by atoms with Crippen molar-refractivity contribution in [2.24, 2.45) is 0 Å². The van der Waals surface area contributed by atoms with Crippen LogP contribution in [0.5, 0.6) is 0 Å². The van der Waals surface area contributed by atoms with Gasteiger partial charge in [0.15, 0.2) is 0 Å². The van der Waals surface area contributed by atoms with E-state index in [0.29, 0.717) is 6.42 Å². The molecule has 9 heteroatoms. The number of carbonyl (C=O) groups excluding carboxylic acids is 1. The number of carboxylic acids is 2. The lowest BCUT2D eigenvalue weighted by Crippen LogP contribution is -2.47. The van der Waals surface area contributed by atoms with Gasteiger partial charge in [0.25, 0.3) is 0 Å². The summed E-state index contributed by atoms with van der Waals surface area (Å²) in [6.45, 7) is 2.15. The van der Waals surface area contributed by atoms with Crippen LogP contribution in [0.15, 0.2) is 5.38 Å². The molecule has 0 fully saturated rings. The van der Waals surface area contributed by atoms with Crippen LogP contribution in [0.25, 0.3) is 0 Å². The van der Waals surface area contributed by atoms with Crippen LogP contribution in [0.1, 0.15) is 17.1 Å². The molecule has 0 aliphatic rings. The van der Waals surface area contributed by atoms with Crippen LogP contribution in [-0.4, -0.2) is 45.8 Å². The van der Waals surface area contributed by atoms with Gasteiger partial charge in [-0.15, -0.1) is 11.3 Å². The normalized spacial score (nSPS) is 11.7. The Bertz CT molecular complexity index is 502. The molecule has 0 radical (unpaired) electrons. The Morgan fingerprint density at radius 1 is 1.40 bits per heavy atom. The maximum absolute atomic E-state index is 11.4. The second-order valence-corrected chi connectivity index (χ2v) is 4.96. The van der Waals surface area contributed by atoms with E-state index >= 15 is 0 Å². The maximum atomic E-state index is 11.4. The highest BCUT2D eigenvalue weighted by molar-refractivity contribution is 7.09. The number of thiazole rings is 1. The predicted octanol–water partition coefficient (Wildman–Crippen LogP) is 0.221. The highest BCUT2D eigenvalue weighted by Gasteiger charge is 2.22. The van der Waals surface area contributed by atoms with Crippen molar-refractivity contribution in [3.8, 4) is 0 Å². The van der Waals surface area contributed by atoms with Gasteiger partial charge in [0.1, 0.15) is 6.04 Å². The minimum absolute atomic E-state index is 0.290. The van der Waals surface area contributed by atoms with Crippen molar-refractivity contribution in [2.75, 3.05) is 6.54 Å². The number of hydrogen-bond donors (Lipinski definition) is 4. The Hall–Kier alpha value is -2.16. The first-order valence-corrected chi connectivity index (χ1v) is 6.66. The fraction of sp³-hybridized carbons (Fsp3) is 0.455. The van der Waals surface area contributed by atoms with E-state index in [1.54, 1.807) is 0 Å². The van der Waals surface area contributed by atoms with Crippen molar-refractivity contribution in [1.82, 2.24) is 15.6 Å². The summed E-state index contributed by atoms with van der Waals surface area (Å²) >= 11 is 1.47. The molecule has 110 valence electrons. The van der Waals surface area contributed by atoms with Gasteiger partial charge in [0, 0.05) is 24.0 Å². The zero-order valence-electron chi connectivity index (χ0n) is 10.8. The zero-order valence-corrected chi connectivity index (χ0v) is 11.6. The van der Waals surface area contributed by atoms with E-state index in [-0.39, 0.29) is 6.54 Å². The van der Waals surface area contributed by atoms with Gasteiger partial charge in [-0.05, 0) is 6.92 Å². The van der Waals surface area contributed by atoms with Gasteiger partial charge in [-0.25, -0.2) is 14.6 Å². The molecule has 1 heterocycles. The van der Waals surface area contributed by atoms with E-state index < -0.39 is 30.4 Å². The number of nitrogens with one attached hydrogen (secondary N) is 2.